The lowest BCUT2D eigenvalue weighted by molar-refractivity contribution is 0.0985. The van der Waals surface area contributed by atoms with Gasteiger partial charge in [0.05, 0.1) is 18.4 Å². The molecule has 6 heteroatoms. The first-order valence-corrected chi connectivity index (χ1v) is 11.8. The fourth-order valence-electron chi connectivity index (χ4n) is 3.84. The van der Waals surface area contributed by atoms with E-state index in [2.05, 4.69) is 17.1 Å². The van der Waals surface area contributed by atoms with Crippen LogP contribution in [0.5, 0.6) is 5.75 Å². The van der Waals surface area contributed by atoms with Gasteiger partial charge in [-0.2, -0.15) is 0 Å². The van der Waals surface area contributed by atoms with Gasteiger partial charge < -0.3 is 4.74 Å². The van der Waals surface area contributed by atoms with Crippen LogP contribution in [-0.2, 0) is 13.0 Å². The van der Waals surface area contributed by atoms with Gasteiger partial charge in [-0.25, -0.2) is 4.98 Å². The molecule has 34 heavy (non-hydrogen) atoms. The predicted molar refractivity (Wildman–Crippen MR) is 137 cm³/mol. The van der Waals surface area contributed by atoms with Crippen LogP contribution in [0.2, 0.25) is 0 Å². The number of carbonyl (C=O) groups is 1. The lowest BCUT2D eigenvalue weighted by atomic mass is 10.0. The SMILES string of the molecule is COc1cccc2sc(N(Cc3cccnc3)C(=O)c3ccc(Cc4ccccc4)cc3)nc12. The zero-order valence-corrected chi connectivity index (χ0v) is 19.5. The fraction of sp³-hybridized carbons (Fsp3) is 0.107. The summed E-state index contributed by atoms with van der Waals surface area (Å²) < 4.78 is 6.45. The summed E-state index contributed by atoms with van der Waals surface area (Å²) in [6, 6.07) is 27.8. The van der Waals surface area contributed by atoms with Gasteiger partial charge in [0.15, 0.2) is 5.13 Å². The topological polar surface area (TPSA) is 55.3 Å². The summed E-state index contributed by atoms with van der Waals surface area (Å²) in [5.41, 5.74) is 4.70. The number of hydrogen-bond acceptors (Lipinski definition) is 5. The molecule has 5 rings (SSSR count). The number of aromatic nitrogens is 2. The van der Waals surface area contributed by atoms with E-state index in [9.17, 15) is 4.79 Å². The van der Waals surface area contributed by atoms with Crippen molar-refractivity contribution < 1.29 is 9.53 Å². The third-order valence-corrected chi connectivity index (χ3v) is 6.63. The predicted octanol–water partition coefficient (Wildman–Crippen LogP) is 6.14. The normalized spacial score (nSPS) is 10.9. The molecule has 0 aliphatic heterocycles. The molecule has 1 amide bonds. The second-order valence-electron chi connectivity index (χ2n) is 7.92. The van der Waals surface area contributed by atoms with Gasteiger partial charge in [0, 0.05) is 18.0 Å². The summed E-state index contributed by atoms with van der Waals surface area (Å²) >= 11 is 1.48. The highest BCUT2D eigenvalue weighted by molar-refractivity contribution is 7.22. The number of ether oxygens (including phenoxy) is 1. The van der Waals surface area contributed by atoms with Gasteiger partial charge in [-0.05, 0) is 53.4 Å². The molecule has 0 atom stereocenters. The number of amides is 1. The summed E-state index contributed by atoms with van der Waals surface area (Å²) in [5, 5.41) is 0.627. The van der Waals surface area contributed by atoms with E-state index in [1.54, 1.807) is 24.4 Å². The van der Waals surface area contributed by atoms with Gasteiger partial charge in [0.25, 0.3) is 5.91 Å². The molecule has 168 valence electrons. The number of para-hydroxylation sites is 1. The minimum absolute atomic E-state index is 0.104. The van der Waals surface area contributed by atoms with Crippen molar-refractivity contribution in [1.29, 1.82) is 0 Å². The number of thiazole rings is 1. The van der Waals surface area contributed by atoms with Crippen molar-refractivity contribution >= 4 is 32.6 Å². The van der Waals surface area contributed by atoms with Crippen LogP contribution in [0.4, 0.5) is 5.13 Å². The smallest absolute Gasteiger partial charge is 0.260 e. The maximum atomic E-state index is 13.7. The van der Waals surface area contributed by atoms with Crippen LogP contribution in [-0.4, -0.2) is 23.0 Å². The number of carbonyl (C=O) groups excluding carboxylic acids is 1. The maximum Gasteiger partial charge on any atom is 0.260 e. The molecular formula is C28H23N3O2S. The lowest BCUT2D eigenvalue weighted by Crippen LogP contribution is -2.30. The van der Waals surface area contributed by atoms with Crippen molar-refractivity contribution in [2.45, 2.75) is 13.0 Å². The van der Waals surface area contributed by atoms with Gasteiger partial charge in [0.2, 0.25) is 0 Å². The van der Waals surface area contributed by atoms with Crippen molar-refractivity contribution in [2.75, 3.05) is 12.0 Å². The van der Waals surface area contributed by atoms with E-state index >= 15 is 0 Å². The molecule has 0 fully saturated rings. The van der Waals surface area contributed by atoms with E-state index in [0.717, 1.165) is 27.8 Å². The Balaban J connectivity index is 1.47. The molecule has 0 radical (unpaired) electrons. The summed E-state index contributed by atoms with van der Waals surface area (Å²) in [5.74, 6) is 0.590. The van der Waals surface area contributed by atoms with Crippen molar-refractivity contribution in [2.24, 2.45) is 0 Å². The van der Waals surface area contributed by atoms with Crippen molar-refractivity contribution in [3.63, 3.8) is 0 Å². The molecule has 5 nitrogen and oxygen atoms in total. The van der Waals surface area contributed by atoms with Crippen LogP contribution in [0.3, 0.4) is 0 Å². The number of nitrogens with zero attached hydrogens (tertiary/aromatic N) is 3. The Morgan fingerprint density at radius 3 is 2.38 bits per heavy atom. The number of pyridine rings is 1. The third kappa shape index (κ3) is 4.67. The first-order valence-electron chi connectivity index (χ1n) is 11.0. The largest absolute Gasteiger partial charge is 0.494 e. The third-order valence-electron chi connectivity index (χ3n) is 5.58. The van der Waals surface area contributed by atoms with Crippen molar-refractivity contribution in [3.8, 4) is 5.75 Å². The van der Waals surface area contributed by atoms with Crippen LogP contribution < -0.4 is 9.64 Å². The maximum absolute atomic E-state index is 13.7. The summed E-state index contributed by atoms with van der Waals surface area (Å²) in [7, 11) is 1.63. The number of methoxy groups -OCH3 is 1. The van der Waals surface area contributed by atoms with Gasteiger partial charge in [0.1, 0.15) is 11.3 Å². The monoisotopic (exact) mass is 465 g/mol. The lowest BCUT2D eigenvalue weighted by Gasteiger charge is -2.20. The second kappa shape index (κ2) is 9.85. The number of fused-ring (bicyclic) bond motifs is 1. The zero-order chi connectivity index (χ0) is 23.3. The standard InChI is InChI=1S/C28H23N3O2S/c1-33-24-10-5-11-25-26(24)30-28(34-25)31(19-22-9-6-16-29-18-22)27(32)23-14-12-21(13-15-23)17-20-7-3-2-4-8-20/h2-16,18H,17,19H2,1H3. The van der Waals surface area contributed by atoms with E-state index in [4.69, 9.17) is 9.72 Å². The molecule has 0 saturated heterocycles. The molecule has 2 heterocycles. The molecule has 0 spiro atoms. The summed E-state index contributed by atoms with van der Waals surface area (Å²) in [6.45, 7) is 0.376. The Kier molecular flexibility index (Phi) is 6.31. The number of anilines is 1. The molecule has 0 N–H and O–H groups in total. The Labute approximate surface area is 202 Å². The van der Waals surface area contributed by atoms with Gasteiger partial charge >= 0.3 is 0 Å². The molecule has 0 aliphatic rings. The molecular weight excluding hydrogens is 442 g/mol. The van der Waals surface area contributed by atoms with Crippen LogP contribution in [0.15, 0.2) is 97.3 Å². The van der Waals surface area contributed by atoms with E-state index in [1.807, 2.05) is 72.8 Å². The van der Waals surface area contributed by atoms with Crippen molar-refractivity contribution in [1.82, 2.24) is 9.97 Å². The number of benzene rings is 3. The summed E-state index contributed by atoms with van der Waals surface area (Å²) in [4.78, 5) is 24.4. The molecule has 2 aromatic heterocycles. The quantitative estimate of drug-likeness (QED) is 0.290. The zero-order valence-electron chi connectivity index (χ0n) is 18.7. The van der Waals surface area contributed by atoms with Crippen LogP contribution in [0.25, 0.3) is 10.2 Å². The minimum atomic E-state index is -0.104. The highest BCUT2D eigenvalue weighted by atomic mass is 32.1. The number of rotatable bonds is 7. The summed E-state index contributed by atoms with van der Waals surface area (Å²) in [6.07, 6.45) is 4.33. The highest BCUT2D eigenvalue weighted by Gasteiger charge is 2.23. The fourth-order valence-corrected chi connectivity index (χ4v) is 4.83. The molecule has 5 aromatic rings. The van der Waals surface area contributed by atoms with E-state index < -0.39 is 0 Å². The van der Waals surface area contributed by atoms with E-state index in [-0.39, 0.29) is 5.91 Å². The Hall–Kier alpha value is -4.03. The van der Waals surface area contributed by atoms with Gasteiger partial charge in [-0.15, -0.1) is 0 Å². The first kappa shape index (κ1) is 21.8. The van der Waals surface area contributed by atoms with Gasteiger partial charge in [-0.3, -0.25) is 14.7 Å². The second-order valence-corrected chi connectivity index (χ2v) is 8.92. The Bertz CT molecular complexity index is 1400. The van der Waals surface area contributed by atoms with E-state index in [0.29, 0.717) is 23.0 Å². The average Bonchev–Trinajstić information content (AvgIpc) is 3.33. The molecule has 0 aliphatic carbocycles. The Morgan fingerprint density at radius 2 is 1.65 bits per heavy atom. The Morgan fingerprint density at radius 1 is 0.882 bits per heavy atom. The van der Waals surface area contributed by atoms with E-state index in [1.165, 1.54) is 16.9 Å². The van der Waals surface area contributed by atoms with Crippen molar-refractivity contribution in [3.05, 3.63) is 120 Å². The number of hydrogen-bond donors (Lipinski definition) is 0. The molecule has 3 aromatic carbocycles. The first-order chi connectivity index (χ1) is 16.7. The van der Waals surface area contributed by atoms with Crippen LogP contribution >= 0.6 is 11.3 Å². The molecule has 0 saturated carbocycles. The highest BCUT2D eigenvalue weighted by Crippen LogP contribution is 2.35. The molecule has 0 bridgehead atoms. The van der Waals surface area contributed by atoms with Crippen LogP contribution in [0, 0.1) is 0 Å². The minimum Gasteiger partial charge on any atom is -0.494 e. The molecule has 0 unspecified atom stereocenters. The van der Waals surface area contributed by atoms with Gasteiger partial charge in [-0.1, -0.05) is 65.9 Å². The van der Waals surface area contributed by atoms with Crippen LogP contribution in [0.1, 0.15) is 27.0 Å². The average molecular weight is 466 g/mol.